The summed E-state index contributed by atoms with van der Waals surface area (Å²) < 4.78 is 0. The maximum Gasteiger partial charge on any atom is 0.239 e. The predicted molar refractivity (Wildman–Crippen MR) is 88.2 cm³/mol. The van der Waals surface area contributed by atoms with Crippen LogP contribution in [0.5, 0.6) is 0 Å². The van der Waals surface area contributed by atoms with Crippen LogP contribution >= 0.6 is 0 Å². The van der Waals surface area contributed by atoms with Gasteiger partial charge >= 0.3 is 0 Å². The highest BCUT2D eigenvalue weighted by Gasteiger charge is 2.42. The molecule has 0 aliphatic carbocycles. The van der Waals surface area contributed by atoms with Gasteiger partial charge in [-0.25, -0.2) is 0 Å². The zero-order valence-electron chi connectivity index (χ0n) is 13.5. The van der Waals surface area contributed by atoms with E-state index in [0.29, 0.717) is 0 Å². The molecule has 2 atom stereocenters. The molecule has 1 aromatic rings. The third kappa shape index (κ3) is 3.33. The first kappa shape index (κ1) is 15.5. The van der Waals surface area contributed by atoms with E-state index in [1.165, 1.54) is 18.4 Å². The van der Waals surface area contributed by atoms with Crippen molar-refractivity contribution in [2.45, 2.75) is 38.8 Å². The van der Waals surface area contributed by atoms with E-state index >= 15 is 0 Å². The van der Waals surface area contributed by atoms with E-state index in [4.69, 9.17) is 5.73 Å². The van der Waals surface area contributed by atoms with Crippen LogP contribution in [0.3, 0.4) is 0 Å². The smallest absolute Gasteiger partial charge is 0.239 e. The lowest BCUT2D eigenvalue weighted by Gasteiger charge is -2.40. The Hall–Kier alpha value is -1.39. The number of likely N-dealkylation sites (tertiary alicyclic amines) is 2. The number of rotatable bonds is 3. The largest absolute Gasteiger partial charge is 0.341 e. The number of nitrogens with two attached hydrogens (primary N) is 1. The second-order valence-electron chi connectivity index (χ2n) is 7.10. The average molecular weight is 301 g/mol. The summed E-state index contributed by atoms with van der Waals surface area (Å²) in [6.45, 7) is 6.83. The lowest BCUT2D eigenvalue weighted by atomic mass is 9.79. The van der Waals surface area contributed by atoms with Crippen LogP contribution in [0.25, 0.3) is 0 Å². The SMILES string of the molecule is C[C@@H](N)C(=O)N1CCC2(CCCN(Cc3ccccc3)C2)C1. The van der Waals surface area contributed by atoms with Crippen LogP contribution in [0, 0.1) is 5.41 Å². The van der Waals surface area contributed by atoms with Crippen molar-refractivity contribution in [3.63, 3.8) is 0 Å². The van der Waals surface area contributed by atoms with Crippen LogP contribution in [0.4, 0.5) is 0 Å². The third-order valence-corrected chi connectivity index (χ3v) is 5.13. The van der Waals surface area contributed by atoms with Gasteiger partial charge in [0.05, 0.1) is 6.04 Å². The molecule has 120 valence electrons. The van der Waals surface area contributed by atoms with Gasteiger partial charge in [-0.3, -0.25) is 9.69 Å². The molecule has 2 fully saturated rings. The number of piperidine rings is 1. The molecule has 3 rings (SSSR count). The third-order valence-electron chi connectivity index (χ3n) is 5.13. The van der Waals surface area contributed by atoms with Gasteiger partial charge in [0, 0.05) is 31.6 Å². The van der Waals surface area contributed by atoms with Crippen molar-refractivity contribution in [3.8, 4) is 0 Å². The molecule has 0 saturated carbocycles. The summed E-state index contributed by atoms with van der Waals surface area (Å²) in [5.74, 6) is 0.108. The topological polar surface area (TPSA) is 49.6 Å². The monoisotopic (exact) mass is 301 g/mol. The lowest BCUT2D eigenvalue weighted by molar-refractivity contribution is -0.131. The Balaban J connectivity index is 1.62. The molecule has 4 nitrogen and oxygen atoms in total. The number of hydrogen-bond donors (Lipinski definition) is 1. The molecule has 2 heterocycles. The average Bonchev–Trinajstić information content (AvgIpc) is 2.91. The molecular weight excluding hydrogens is 274 g/mol. The molecule has 0 bridgehead atoms. The van der Waals surface area contributed by atoms with Gasteiger partial charge in [0.15, 0.2) is 0 Å². The minimum absolute atomic E-state index is 0.108. The van der Waals surface area contributed by atoms with E-state index in [-0.39, 0.29) is 17.4 Å². The second kappa shape index (κ2) is 6.39. The Bertz CT molecular complexity index is 516. The highest BCUT2D eigenvalue weighted by atomic mass is 16.2. The van der Waals surface area contributed by atoms with Crippen molar-refractivity contribution >= 4 is 5.91 Å². The van der Waals surface area contributed by atoms with Crippen molar-refractivity contribution < 1.29 is 4.79 Å². The van der Waals surface area contributed by atoms with Gasteiger partial charge in [0.2, 0.25) is 5.91 Å². The van der Waals surface area contributed by atoms with Crippen LogP contribution in [-0.4, -0.2) is 47.9 Å². The van der Waals surface area contributed by atoms with Gasteiger partial charge in [0.25, 0.3) is 0 Å². The number of carbonyl (C=O) groups is 1. The normalized spacial score (nSPS) is 27.3. The summed E-state index contributed by atoms with van der Waals surface area (Å²) in [7, 11) is 0. The van der Waals surface area contributed by atoms with E-state index in [0.717, 1.165) is 39.1 Å². The number of hydrogen-bond acceptors (Lipinski definition) is 3. The van der Waals surface area contributed by atoms with Gasteiger partial charge in [-0.05, 0) is 38.3 Å². The van der Waals surface area contributed by atoms with E-state index < -0.39 is 0 Å². The molecule has 4 heteroatoms. The molecule has 1 amide bonds. The maximum absolute atomic E-state index is 12.1. The Morgan fingerprint density at radius 2 is 2.00 bits per heavy atom. The molecule has 1 unspecified atom stereocenters. The molecule has 1 aromatic carbocycles. The van der Waals surface area contributed by atoms with Crippen molar-refractivity contribution in [1.82, 2.24) is 9.80 Å². The van der Waals surface area contributed by atoms with Crippen molar-refractivity contribution in [1.29, 1.82) is 0 Å². The number of carbonyl (C=O) groups excluding carboxylic acids is 1. The molecule has 0 radical (unpaired) electrons. The Kier molecular flexibility index (Phi) is 4.50. The quantitative estimate of drug-likeness (QED) is 0.927. The van der Waals surface area contributed by atoms with Gasteiger partial charge in [-0.2, -0.15) is 0 Å². The minimum atomic E-state index is -0.376. The van der Waals surface area contributed by atoms with Gasteiger partial charge in [-0.1, -0.05) is 30.3 Å². The van der Waals surface area contributed by atoms with E-state index in [1.54, 1.807) is 6.92 Å². The van der Waals surface area contributed by atoms with Crippen LogP contribution in [0.15, 0.2) is 30.3 Å². The van der Waals surface area contributed by atoms with E-state index in [2.05, 4.69) is 35.2 Å². The fourth-order valence-electron chi connectivity index (χ4n) is 4.03. The summed E-state index contributed by atoms with van der Waals surface area (Å²) in [6.07, 6.45) is 3.59. The summed E-state index contributed by atoms with van der Waals surface area (Å²) in [5.41, 5.74) is 7.43. The summed E-state index contributed by atoms with van der Waals surface area (Å²) >= 11 is 0. The molecule has 2 N–H and O–H groups in total. The highest BCUT2D eigenvalue weighted by Crippen LogP contribution is 2.39. The molecule has 2 saturated heterocycles. The van der Waals surface area contributed by atoms with Crippen LogP contribution in [0.1, 0.15) is 31.7 Å². The maximum atomic E-state index is 12.1. The molecular formula is C18H27N3O. The first-order valence-corrected chi connectivity index (χ1v) is 8.39. The predicted octanol–water partition coefficient (Wildman–Crippen LogP) is 1.85. The fraction of sp³-hybridized carbons (Fsp3) is 0.611. The van der Waals surface area contributed by atoms with Gasteiger partial charge < -0.3 is 10.6 Å². The van der Waals surface area contributed by atoms with Crippen molar-refractivity contribution in [3.05, 3.63) is 35.9 Å². The minimum Gasteiger partial charge on any atom is -0.341 e. The first-order valence-electron chi connectivity index (χ1n) is 8.39. The summed E-state index contributed by atoms with van der Waals surface area (Å²) in [5, 5.41) is 0. The lowest BCUT2D eigenvalue weighted by Crippen LogP contribution is -2.46. The molecule has 2 aliphatic heterocycles. The zero-order chi connectivity index (χ0) is 15.6. The highest BCUT2D eigenvalue weighted by molar-refractivity contribution is 5.81. The Morgan fingerprint density at radius 1 is 1.23 bits per heavy atom. The fourth-order valence-corrected chi connectivity index (χ4v) is 4.03. The van der Waals surface area contributed by atoms with Crippen LogP contribution in [-0.2, 0) is 11.3 Å². The van der Waals surface area contributed by atoms with Gasteiger partial charge in [-0.15, -0.1) is 0 Å². The standard InChI is InChI=1S/C18H27N3O/c1-15(19)17(22)21-11-9-18(14-21)8-5-10-20(13-18)12-16-6-3-2-4-7-16/h2-4,6-7,15H,5,8-14,19H2,1H3/t15-,18?/m1/s1. The molecule has 1 spiro atoms. The number of amides is 1. The molecule has 0 aromatic heterocycles. The number of nitrogens with zero attached hydrogens (tertiary/aromatic N) is 2. The van der Waals surface area contributed by atoms with Crippen molar-refractivity contribution in [2.24, 2.45) is 11.1 Å². The Labute approximate surface area is 133 Å². The number of benzene rings is 1. The van der Waals surface area contributed by atoms with Crippen LogP contribution < -0.4 is 5.73 Å². The molecule has 2 aliphatic rings. The summed E-state index contributed by atoms with van der Waals surface area (Å²) in [4.78, 5) is 16.7. The van der Waals surface area contributed by atoms with E-state index in [9.17, 15) is 4.79 Å². The van der Waals surface area contributed by atoms with Gasteiger partial charge in [0.1, 0.15) is 0 Å². The first-order chi connectivity index (χ1) is 10.6. The molecule has 22 heavy (non-hydrogen) atoms. The second-order valence-corrected chi connectivity index (χ2v) is 7.10. The van der Waals surface area contributed by atoms with E-state index in [1.807, 2.05) is 4.90 Å². The zero-order valence-corrected chi connectivity index (χ0v) is 13.5. The Morgan fingerprint density at radius 3 is 2.73 bits per heavy atom. The van der Waals surface area contributed by atoms with Crippen LogP contribution in [0.2, 0.25) is 0 Å². The van der Waals surface area contributed by atoms with Crippen molar-refractivity contribution in [2.75, 3.05) is 26.2 Å². The summed E-state index contributed by atoms with van der Waals surface area (Å²) in [6, 6.07) is 10.3.